The summed E-state index contributed by atoms with van der Waals surface area (Å²) in [6.07, 6.45) is 17.1. The van der Waals surface area contributed by atoms with E-state index in [1.807, 2.05) is 12.4 Å². The highest BCUT2D eigenvalue weighted by Gasteiger charge is 2.27. The highest BCUT2D eigenvalue weighted by molar-refractivity contribution is 6.10. The van der Waals surface area contributed by atoms with Gasteiger partial charge in [0.1, 0.15) is 6.17 Å². The van der Waals surface area contributed by atoms with Crippen LogP contribution in [-0.4, -0.2) is 19.1 Å². The molecule has 0 N–H and O–H groups in total. The number of benzene rings is 2. The molecule has 0 spiro atoms. The molecular formula is C40H50N4. The molecule has 230 valence electrons. The molecule has 0 aliphatic carbocycles. The lowest BCUT2D eigenvalue weighted by Crippen LogP contribution is -2.20. The molecule has 0 fully saturated rings. The Labute approximate surface area is 263 Å². The fraction of sp³-hybridized carbons (Fsp3) is 0.450. The second kappa shape index (κ2) is 13.5. The fourth-order valence-electron chi connectivity index (χ4n) is 7.42. The van der Waals surface area contributed by atoms with Crippen LogP contribution in [0.5, 0.6) is 0 Å². The van der Waals surface area contributed by atoms with Crippen molar-refractivity contribution in [2.24, 2.45) is 0 Å². The van der Waals surface area contributed by atoms with Crippen LogP contribution >= 0.6 is 0 Å². The molecule has 0 saturated heterocycles. The molecule has 4 aromatic heterocycles. The van der Waals surface area contributed by atoms with Crippen molar-refractivity contribution in [2.45, 2.75) is 117 Å². The number of fused-ring (bicyclic) bond motifs is 6. The number of hydrogen-bond donors (Lipinski definition) is 0. The maximum Gasteiger partial charge on any atom is 0.111 e. The summed E-state index contributed by atoms with van der Waals surface area (Å²) in [6.45, 7) is 11.4. The highest BCUT2D eigenvalue weighted by Crippen LogP contribution is 2.42. The Balaban J connectivity index is 1.53. The summed E-state index contributed by atoms with van der Waals surface area (Å²) in [5.74, 6) is 0.641. The van der Waals surface area contributed by atoms with Gasteiger partial charge in [-0.1, -0.05) is 122 Å². The molecule has 6 aromatic rings. The minimum absolute atomic E-state index is 0.104. The SMILES string of the molecule is CCCCCCCCCCCC(n1c2ccccc2c2ccnc(C(C)C)c21)n1c2ccccc2c2ccnc(C(C)C)c21. The Bertz CT molecular complexity index is 1730. The van der Waals surface area contributed by atoms with Crippen LogP contribution in [0.15, 0.2) is 73.1 Å². The Morgan fingerprint density at radius 3 is 1.41 bits per heavy atom. The van der Waals surface area contributed by atoms with Gasteiger partial charge < -0.3 is 9.13 Å². The van der Waals surface area contributed by atoms with Crippen molar-refractivity contribution in [1.29, 1.82) is 0 Å². The standard InChI is InChI=1S/C40H50N4/c1-6-7-8-9-10-11-12-13-14-23-36(43-34-21-17-15-19-30(34)32-24-26-41-37(28(2)3)39(32)43)44-35-22-18-16-20-31(35)33-25-27-42-38(29(4)5)40(33)44/h15-22,24-29,36H,6-14,23H2,1-5H3. The molecule has 0 aliphatic heterocycles. The number of para-hydroxylation sites is 2. The number of rotatable bonds is 14. The summed E-state index contributed by atoms with van der Waals surface area (Å²) in [7, 11) is 0. The van der Waals surface area contributed by atoms with E-state index < -0.39 is 0 Å². The van der Waals surface area contributed by atoms with Gasteiger partial charge in [0.2, 0.25) is 0 Å². The van der Waals surface area contributed by atoms with Crippen LogP contribution in [-0.2, 0) is 0 Å². The van der Waals surface area contributed by atoms with Crippen molar-refractivity contribution in [3.63, 3.8) is 0 Å². The zero-order valence-corrected chi connectivity index (χ0v) is 27.5. The molecule has 4 nitrogen and oxygen atoms in total. The molecule has 0 bridgehead atoms. The largest absolute Gasteiger partial charge is 0.317 e. The van der Waals surface area contributed by atoms with E-state index in [2.05, 4.69) is 104 Å². The van der Waals surface area contributed by atoms with Crippen molar-refractivity contribution >= 4 is 43.6 Å². The van der Waals surface area contributed by atoms with Crippen molar-refractivity contribution in [2.75, 3.05) is 0 Å². The second-order valence-corrected chi connectivity index (χ2v) is 13.4. The zero-order valence-electron chi connectivity index (χ0n) is 27.5. The average Bonchev–Trinajstić information content (AvgIpc) is 3.55. The van der Waals surface area contributed by atoms with Gasteiger partial charge in [0, 0.05) is 33.9 Å². The van der Waals surface area contributed by atoms with Crippen LogP contribution in [0.2, 0.25) is 0 Å². The minimum atomic E-state index is 0.104. The third-order valence-corrected chi connectivity index (χ3v) is 9.55. The Morgan fingerprint density at radius 1 is 0.523 bits per heavy atom. The molecule has 0 radical (unpaired) electrons. The Kier molecular flexibility index (Phi) is 9.35. The predicted molar refractivity (Wildman–Crippen MR) is 189 cm³/mol. The molecule has 2 aromatic carbocycles. The topological polar surface area (TPSA) is 35.6 Å². The fourth-order valence-corrected chi connectivity index (χ4v) is 7.42. The first-order valence-corrected chi connectivity index (χ1v) is 17.3. The van der Waals surface area contributed by atoms with E-state index in [0.717, 1.165) is 6.42 Å². The first kappa shape index (κ1) is 30.4. The van der Waals surface area contributed by atoms with Gasteiger partial charge >= 0.3 is 0 Å². The molecule has 4 heterocycles. The van der Waals surface area contributed by atoms with E-state index in [0.29, 0.717) is 11.8 Å². The zero-order chi connectivity index (χ0) is 30.6. The smallest absolute Gasteiger partial charge is 0.111 e. The lowest BCUT2D eigenvalue weighted by atomic mass is 10.0. The lowest BCUT2D eigenvalue weighted by molar-refractivity contribution is 0.416. The molecule has 0 aliphatic rings. The first-order valence-electron chi connectivity index (χ1n) is 17.3. The van der Waals surface area contributed by atoms with Gasteiger partial charge in [-0.3, -0.25) is 9.97 Å². The second-order valence-electron chi connectivity index (χ2n) is 13.4. The third-order valence-electron chi connectivity index (χ3n) is 9.55. The van der Waals surface area contributed by atoms with E-state index in [4.69, 9.17) is 9.97 Å². The van der Waals surface area contributed by atoms with E-state index >= 15 is 0 Å². The average molecular weight is 587 g/mol. The van der Waals surface area contributed by atoms with Crippen LogP contribution in [0.4, 0.5) is 0 Å². The monoisotopic (exact) mass is 586 g/mol. The number of aromatic nitrogens is 4. The predicted octanol–water partition coefficient (Wildman–Crippen LogP) is 11.9. The number of nitrogens with zero attached hydrogens (tertiary/aromatic N) is 4. The van der Waals surface area contributed by atoms with Gasteiger partial charge in [-0.25, -0.2) is 0 Å². The third kappa shape index (κ3) is 5.64. The van der Waals surface area contributed by atoms with E-state index in [9.17, 15) is 0 Å². The highest BCUT2D eigenvalue weighted by atomic mass is 15.2. The van der Waals surface area contributed by atoms with Gasteiger partial charge in [-0.15, -0.1) is 0 Å². The molecule has 44 heavy (non-hydrogen) atoms. The summed E-state index contributed by atoms with van der Waals surface area (Å²) in [5.41, 5.74) is 7.51. The molecule has 6 rings (SSSR count). The summed E-state index contributed by atoms with van der Waals surface area (Å²) in [6, 6.07) is 22.4. The molecule has 0 unspecified atom stereocenters. The van der Waals surface area contributed by atoms with Crippen LogP contribution in [0, 0.1) is 0 Å². The van der Waals surface area contributed by atoms with Gasteiger partial charge in [0.25, 0.3) is 0 Å². The Morgan fingerprint density at radius 2 is 0.955 bits per heavy atom. The van der Waals surface area contributed by atoms with E-state index in [1.54, 1.807) is 0 Å². The Hall–Kier alpha value is -3.66. The lowest BCUT2D eigenvalue weighted by Gasteiger charge is -2.27. The van der Waals surface area contributed by atoms with Crippen molar-refractivity contribution in [3.05, 3.63) is 84.4 Å². The van der Waals surface area contributed by atoms with E-state index in [1.165, 1.54) is 113 Å². The van der Waals surface area contributed by atoms with Crippen molar-refractivity contribution < 1.29 is 0 Å². The maximum atomic E-state index is 5.01. The van der Waals surface area contributed by atoms with Crippen LogP contribution in [0.1, 0.15) is 128 Å². The van der Waals surface area contributed by atoms with Crippen LogP contribution in [0.3, 0.4) is 0 Å². The number of hydrogen-bond acceptors (Lipinski definition) is 2. The van der Waals surface area contributed by atoms with Crippen molar-refractivity contribution in [1.82, 2.24) is 19.1 Å². The summed E-state index contributed by atoms with van der Waals surface area (Å²) < 4.78 is 5.31. The van der Waals surface area contributed by atoms with Gasteiger partial charge in [0.05, 0.1) is 33.5 Å². The summed E-state index contributed by atoms with van der Waals surface area (Å²) in [4.78, 5) is 10.0. The first-order chi connectivity index (χ1) is 21.5. The molecule has 0 amide bonds. The number of pyridine rings is 2. The van der Waals surface area contributed by atoms with Crippen LogP contribution in [0.25, 0.3) is 43.6 Å². The van der Waals surface area contributed by atoms with Gasteiger partial charge in [-0.05, 0) is 48.9 Å². The van der Waals surface area contributed by atoms with Crippen molar-refractivity contribution in [3.8, 4) is 0 Å². The summed E-state index contributed by atoms with van der Waals surface area (Å²) in [5, 5.41) is 5.23. The van der Waals surface area contributed by atoms with Gasteiger partial charge in [0.15, 0.2) is 0 Å². The van der Waals surface area contributed by atoms with E-state index in [-0.39, 0.29) is 6.17 Å². The summed E-state index contributed by atoms with van der Waals surface area (Å²) >= 11 is 0. The minimum Gasteiger partial charge on any atom is -0.317 e. The normalized spacial score (nSPS) is 12.4. The van der Waals surface area contributed by atoms with Gasteiger partial charge in [-0.2, -0.15) is 0 Å². The molecule has 0 atom stereocenters. The molecular weight excluding hydrogens is 536 g/mol. The molecule has 0 saturated carbocycles. The molecule has 4 heteroatoms. The van der Waals surface area contributed by atoms with Crippen LogP contribution < -0.4 is 0 Å². The maximum absolute atomic E-state index is 5.01. The quantitative estimate of drug-likeness (QED) is 0.119. The number of unbranched alkanes of at least 4 members (excludes halogenated alkanes) is 8.